The molecule has 0 unspecified atom stereocenters. The molecule has 3 N–H and O–H groups in total. The topological polar surface area (TPSA) is 60.7 Å². The molecular formula is C20H32O3. The maximum Gasteiger partial charge on any atom is 0.0910 e. The van der Waals surface area contributed by atoms with Crippen molar-refractivity contribution in [3.05, 3.63) is 12.2 Å². The quantitative estimate of drug-likeness (QED) is 0.601. The zero-order valence-corrected chi connectivity index (χ0v) is 14.8. The van der Waals surface area contributed by atoms with Gasteiger partial charge in [-0.15, -0.1) is 0 Å². The van der Waals surface area contributed by atoms with E-state index >= 15 is 0 Å². The van der Waals surface area contributed by atoms with Crippen LogP contribution in [0.25, 0.3) is 0 Å². The second kappa shape index (κ2) is 4.42. The zero-order chi connectivity index (χ0) is 16.8. The Labute approximate surface area is 139 Å². The molecule has 130 valence electrons. The second-order valence-electron chi connectivity index (χ2n) is 10.1. The summed E-state index contributed by atoms with van der Waals surface area (Å²) in [5.41, 5.74) is -0.545. The van der Waals surface area contributed by atoms with E-state index in [1.54, 1.807) is 0 Å². The lowest BCUT2D eigenvalue weighted by Crippen LogP contribution is -2.63. The van der Waals surface area contributed by atoms with Crippen LogP contribution in [0.4, 0.5) is 0 Å². The van der Waals surface area contributed by atoms with Crippen molar-refractivity contribution in [3.63, 3.8) is 0 Å². The van der Waals surface area contributed by atoms with Gasteiger partial charge in [-0.25, -0.2) is 0 Å². The third kappa shape index (κ3) is 1.77. The van der Waals surface area contributed by atoms with E-state index in [9.17, 15) is 15.3 Å². The van der Waals surface area contributed by atoms with Gasteiger partial charge in [-0.05, 0) is 60.3 Å². The summed E-state index contributed by atoms with van der Waals surface area (Å²) in [7, 11) is 0. The van der Waals surface area contributed by atoms with Crippen LogP contribution in [0.2, 0.25) is 0 Å². The van der Waals surface area contributed by atoms with E-state index in [4.69, 9.17) is 0 Å². The van der Waals surface area contributed by atoms with Crippen molar-refractivity contribution in [2.75, 3.05) is 0 Å². The van der Waals surface area contributed by atoms with Crippen molar-refractivity contribution < 1.29 is 15.3 Å². The van der Waals surface area contributed by atoms with Gasteiger partial charge in [0.05, 0.1) is 17.8 Å². The van der Waals surface area contributed by atoms with Crippen LogP contribution in [0.1, 0.15) is 65.7 Å². The molecule has 0 aromatic carbocycles. The standard InChI is InChI=1S/C20H32O3/c1-12-16(22)19-9-6-14-17(2,3)7-5-8-18(14,4)15(19)13(21)10-20(12,23)11-19/h13-16,21-23H,1,5-11H2,2-4H3/t13-,14+,15-,16-,18+,19+,20-/m0/s1. The fourth-order valence-electron chi connectivity index (χ4n) is 7.84. The second-order valence-corrected chi connectivity index (χ2v) is 10.1. The van der Waals surface area contributed by atoms with Crippen LogP contribution < -0.4 is 0 Å². The maximum atomic E-state index is 11.0. The van der Waals surface area contributed by atoms with Crippen molar-refractivity contribution in [1.29, 1.82) is 0 Å². The summed E-state index contributed by atoms with van der Waals surface area (Å²) >= 11 is 0. The van der Waals surface area contributed by atoms with Crippen molar-refractivity contribution in [3.8, 4) is 0 Å². The lowest BCUT2D eigenvalue weighted by molar-refractivity contribution is -0.216. The highest BCUT2D eigenvalue weighted by atomic mass is 16.3. The molecule has 0 aliphatic heterocycles. The summed E-state index contributed by atoms with van der Waals surface area (Å²) < 4.78 is 0. The fraction of sp³-hybridized carbons (Fsp3) is 0.900. The highest BCUT2D eigenvalue weighted by Crippen LogP contribution is 2.72. The molecule has 1 spiro atoms. The first-order chi connectivity index (χ1) is 10.6. The molecule has 0 radical (unpaired) electrons. The van der Waals surface area contributed by atoms with Crippen LogP contribution in [0, 0.1) is 28.1 Å². The smallest absolute Gasteiger partial charge is 0.0910 e. The Morgan fingerprint density at radius 3 is 2.48 bits per heavy atom. The van der Waals surface area contributed by atoms with Gasteiger partial charge >= 0.3 is 0 Å². The Morgan fingerprint density at radius 2 is 1.78 bits per heavy atom. The first-order valence-electron chi connectivity index (χ1n) is 9.35. The number of aliphatic hydroxyl groups is 3. The van der Waals surface area contributed by atoms with Gasteiger partial charge in [0.15, 0.2) is 0 Å². The highest BCUT2D eigenvalue weighted by molar-refractivity contribution is 5.35. The molecular weight excluding hydrogens is 288 g/mol. The van der Waals surface area contributed by atoms with Crippen LogP contribution in [0.3, 0.4) is 0 Å². The van der Waals surface area contributed by atoms with E-state index in [1.807, 2.05) is 0 Å². The molecule has 4 aliphatic rings. The Balaban J connectivity index is 1.84. The monoisotopic (exact) mass is 320 g/mol. The third-order valence-corrected chi connectivity index (χ3v) is 8.53. The SMILES string of the molecule is C=C1[C@H](O)[C@@]23CC[C@@H]4C(C)(C)CCC[C@@]4(C)[C@@H]2[C@@H](O)C[C@]1(O)C3. The summed E-state index contributed by atoms with van der Waals surface area (Å²) in [5, 5.41) is 33.0. The van der Waals surface area contributed by atoms with Gasteiger partial charge in [0.25, 0.3) is 0 Å². The first-order valence-corrected chi connectivity index (χ1v) is 9.35. The lowest BCUT2D eigenvalue weighted by Gasteiger charge is -2.65. The Bertz CT molecular complexity index is 555. The molecule has 3 heteroatoms. The molecule has 4 fully saturated rings. The van der Waals surface area contributed by atoms with E-state index in [-0.39, 0.29) is 16.7 Å². The zero-order valence-electron chi connectivity index (χ0n) is 14.8. The van der Waals surface area contributed by atoms with E-state index in [1.165, 1.54) is 12.8 Å². The summed E-state index contributed by atoms with van der Waals surface area (Å²) in [6.45, 7) is 11.1. The molecule has 0 amide bonds. The first kappa shape index (κ1) is 16.1. The largest absolute Gasteiger partial charge is 0.393 e. The van der Waals surface area contributed by atoms with E-state index < -0.39 is 17.8 Å². The van der Waals surface area contributed by atoms with E-state index in [0.29, 0.717) is 29.7 Å². The Hall–Kier alpha value is -0.380. The van der Waals surface area contributed by atoms with Crippen LogP contribution in [0.15, 0.2) is 12.2 Å². The lowest BCUT2D eigenvalue weighted by atomic mass is 9.40. The predicted octanol–water partition coefficient (Wildman–Crippen LogP) is 3.03. The van der Waals surface area contributed by atoms with Gasteiger partial charge < -0.3 is 15.3 Å². The van der Waals surface area contributed by atoms with E-state index in [0.717, 1.165) is 19.3 Å². The summed E-state index contributed by atoms with van der Waals surface area (Å²) in [6.07, 6.45) is 5.29. The number of hydrogen-bond acceptors (Lipinski definition) is 3. The summed E-state index contributed by atoms with van der Waals surface area (Å²) in [4.78, 5) is 0. The van der Waals surface area contributed by atoms with Gasteiger partial charge in [-0.1, -0.05) is 33.8 Å². The Morgan fingerprint density at radius 1 is 1.09 bits per heavy atom. The summed E-state index contributed by atoms with van der Waals surface area (Å²) in [6, 6.07) is 0. The molecule has 0 saturated heterocycles. The predicted molar refractivity (Wildman–Crippen MR) is 89.7 cm³/mol. The van der Waals surface area contributed by atoms with Crippen LogP contribution in [-0.2, 0) is 0 Å². The van der Waals surface area contributed by atoms with Crippen molar-refractivity contribution in [2.24, 2.45) is 28.1 Å². The molecule has 4 saturated carbocycles. The van der Waals surface area contributed by atoms with Crippen molar-refractivity contribution in [1.82, 2.24) is 0 Å². The number of hydrogen-bond donors (Lipinski definition) is 3. The van der Waals surface area contributed by atoms with Crippen LogP contribution >= 0.6 is 0 Å². The van der Waals surface area contributed by atoms with Gasteiger partial charge in [0, 0.05) is 11.8 Å². The normalized spacial score (nSPS) is 57.7. The van der Waals surface area contributed by atoms with Crippen LogP contribution in [0.5, 0.6) is 0 Å². The number of aliphatic hydroxyl groups excluding tert-OH is 2. The van der Waals surface area contributed by atoms with Crippen LogP contribution in [-0.4, -0.2) is 33.1 Å². The number of rotatable bonds is 0. The maximum absolute atomic E-state index is 11.0. The average Bonchev–Trinajstić information content (AvgIpc) is 2.56. The summed E-state index contributed by atoms with van der Waals surface area (Å²) in [5.74, 6) is 0.657. The fourth-order valence-corrected chi connectivity index (χ4v) is 7.84. The van der Waals surface area contributed by atoms with Gasteiger partial charge in [0.1, 0.15) is 0 Å². The molecule has 4 aliphatic carbocycles. The molecule has 4 rings (SSSR count). The molecule has 0 aromatic rings. The number of fused-ring (bicyclic) bond motifs is 3. The molecule has 0 heterocycles. The van der Waals surface area contributed by atoms with Gasteiger partial charge in [-0.2, -0.15) is 0 Å². The Kier molecular flexibility index (Phi) is 3.09. The highest BCUT2D eigenvalue weighted by Gasteiger charge is 2.71. The molecule has 0 aromatic heterocycles. The molecule has 2 bridgehead atoms. The minimum atomic E-state index is -1.07. The molecule has 23 heavy (non-hydrogen) atoms. The minimum Gasteiger partial charge on any atom is -0.393 e. The minimum absolute atomic E-state index is 0.0480. The van der Waals surface area contributed by atoms with Crippen molar-refractivity contribution >= 4 is 0 Å². The van der Waals surface area contributed by atoms with Gasteiger partial charge in [0.2, 0.25) is 0 Å². The molecule has 7 atom stereocenters. The van der Waals surface area contributed by atoms with Crippen molar-refractivity contribution in [2.45, 2.75) is 83.5 Å². The van der Waals surface area contributed by atoms with E-state index in [2.05, 4.69) is 27.4 Å². The third-order valence-electron chi connectivity index (χ3n) is 8.53. The van der Waals surface area contributed by atoms with Gasteiger partial charge in [-0.3, -0.25) is 0 Å². The molecule has 3 nitrogen and oxygen atoms in total. The average molecular weight is 320 g/mol.